The van der Waals surface area contributed by atoms with Crippen LogP contribution in [0.2, 0.25) is 0 Å². The van der Waals surface area contributed by atoms with Crippen LogP contribution in [0.4, 0.5) is 5.69 Å². The number of anilines is 1. The molecule has 0 bridgehead atoms. The number of hydrogen-bond acceptors (Lipinski definition) is 6. The molecule has 0 amide bonds. The van der Waals surface area contributed by atoms with Gasteiger partial charge in [-0.05, 0) is 71.2 Å². The molecule has 1 aliphatic carbocycles. The highest BCUT2D eigenvalue weighted by molar-refractivity contribution is 5.88. The van der Waals surface area contributed by atoms with E-state index in [1.54, 1.807) is 12.1 Å². The van der Waals surface area contributed by atoms with Crippen molar-refractivity contribution in [1.82, 2.24) is 0 Å². The Morgan fingerprint density at radius 2 is 1.34 bits per heavy atom. The lowest BCUT2D eigenvalue weighted by atomic mass is 9.63. The van der Waals surface area contributed by atoms with E-state index < -0.39 is 27.6 Å². The summed E-state index contributed by atoms with van der Waals surface area (Å²) in [6.45, 7) is 8.45. The highest BCUT2D eigenvalue weighted by Gasteiger charge is 2.37. The molecule has 0 unspecified atom stereocenters. The molecule has 3 aromatic carbocycles. The first-order valence-electron chi connectivity index (χ1n) is 10.4. The Kier molecular flexibility index (Phi) is 4.88. The average Bonchev–Trinajstić information content (AvgIpc) is 2.75. The Hall–Kier alpha value is -3.61. The van der Waals surface area contributed by atoms with E-state index in [-0.39, 0.29) is 27.2 Å². The van der Waals surface area contributed by atoms with Crippen molar-refractivity contribution in [2.24, 2.45) is 5.10 Å². The fraction of sp³-hybridized carbons (Fsp3) is 0.320. The summed E-state index contributed by atoms with van der Waals surface area (Å²) in [5.74, 6) is -1.07. The van der Waals surface area contributed by atoms with Crippen LogP contribution < -0.4 is 27.1 Å². The standard InChI is InChI=1S/C25H24N2O5/c1-24(2)9-10-25(3,4)18-12-16-15(11-17(18)24)20(28)19(22(30)21(16)29)27-26-14-7-5-13(6-8-14)23(31)32/h5-8,11-12,26H,9-10H2,1-4H3,(H,31,32). The van der Waals surface area contributed by atoms with Gasteiger partial charge in [-0.1, -0.05) is 27.7 Å². The maximum Gasteiger partial charge on any atom is 0.335 e. The third-order valence-corrected chi connectivity index (χ3v) is 6.55. The zero-order chi connectivity index (χ0) is 23.4. The Balaban J connectivity index is 1.92. The van der Waals surface area contributed by atoms with Gasteiger partial charge in [0.05, 0.1) is 11.3 Å². The summed E-state index contributed by atoms with van der Waals surface area (Å²) in [6.07, 6.45) is 1.89. The van der Waals surface area contributed by atoms with Gasteiger partial charge in [0, 0.05) is 10.8 Å². The molecule has 0 aliphatic heterocycles. The summed E-state index contributed by atoms with van der Waals surface area (Å²) in [5.41, 5.74) is 2.45. The largest absolute Gasteiger partial charge is 0.478 e. The summed E-state index contributed by atoms with van der Waals surface area (Å²) < 4.78 is 0. The van der Waals surface area contributed by atoms with E-state index in [9.17, 15) is 19.2 Å². The Morgan fingerprint density at radius 1 is 0.844 bits per heavy atom. The third kappa shape index (κ3) is 3.43. The summed E-state index contributed by atoms with van der Waals surface area (Å²) in [5, 5.41) is 12.7. The molecule has 0 saturated carbocycles. The molecule has 0 fully saturated rings. The van der Waals surface area contributed by atoms with Crippen LogP contribution in [-0.4, -0.2) is 11.1 Å². The molecule has 7 nitrogen and oxygen atoms in total. The second-order valence-corrected chi connectivity index (χ2v) is 9.65. The molecule has 0 spiro atoms. The van der Waals surface area contributed by atoms with Crippen molar-refractivity contribution < 1.29 is 9.90 Å². The van der Waals surface area contributed by atoms with Crippen LogP contribution in [0, 0.1) is 0 Å². The highest BCUT2D eigenvalue weighted by atomic mass is 16.4. The minimum Gasteiger partial charge on any atom is -0.478 e. The number of rotatable bonds is 3. The second kappa shape index (κ2) is 7.22. The smallest absolute Gasteiger partial charge is 0.335 e. The average molecular weight is 432 g/mol. The minimum atomic E-state index is -1.07. The van der Waals surface area contributed by atoms with E-state index >= 15 is 0 Å². The van der Waals surface area contributed by atoms with Crippen molar-refractivity contribution in [3.05, 3.63) is 89.1 Å². The molecule has 0 heterocycles. The SMILES string of the molecule is CC1(C)CCC(C)(C)c2cc3c(=O)c(=NNc4ccc(C(=O)O)cc4)c(=O)c(=O)c3cc21. The van der Waals surface area contributed by atoms with Gasteiger partial charge in [0.2, 0.25) is 10.9 Å². The van der Waals surface area contributed by atoms with Crippen LogP contribution in [0.5, 0.6) is 0 Å². The predicted molar refractivity (Wildman–Crippen MR) is 123 cm³/mol. The number of hydrogen-bond donors (Lipinski definition) is 2. The first-order valence-corrected chi connectivity index (χ1v) is 10.4. The topological polar surface area (TPSA) is 113 Å². The molecule has 3 aromatic rings. The maximum atomic E-state index is 13.2. The second-order valence-electron chi connectivity index (χ2n) is 9.65. The molecule has 7 heteroatoms. The molecule has 0 radical (unpaired) electrons. The third-order valence-electron chi connectivity index (χ3n) is 6.55. The lowest BCUT2D eigenvalue weighted by Crippen LogP contribution is -2.48. The Bertz CT molecular complexity index is 1470. The number of carbonyl (C=O) groups is 1. The number of nitrogens with one attached hydrogen (secondary N) is 1. The first-order chi connectivity index (χ1) is 14.9. The monoisotopic (exact) mass is 432 g/mol. The number of benzene rings is 3. The normalized spacial score (nSPS) is 17.2. The molecule has 2 N–H and O–H groups in total. The number of carboxylic acid groups (broad SMARTS) is 1. The van der Waals surface area contributed by atoms with Crippen molar-refractivity contribution in [2.75, 3.05) is 5.43 Å². The van der Waals surface area contributed by atoms with Gasteiger partial charge >= 0.3 is 5.97 Å². The van der Waals surface area contributed by atoms with Gasteiger partial charge in [-0.2, -0.15) is 5.10 Å². The molecule has 32 heavy (non-hydrogen) atoms. The molecule has 0 aromatic heterocycles. The van der Waals surface area contributed by atoms with E-state index in [2.05, 4.69) is 38.2 Å². The van der Waals surface area contributed by atoms with Gasteiger partial charge < -0.3 is 5.11 Å². The first kappa shape index (κ1) is 21.6. The van der Waals surface area contributed by atoms with Crippen LogP contribution >= 0.6 is 0 Å². The molecule has 4 rings (SSSR count). The molecule has 1 aliphatic rings. The van der Waals surface area contributed by atoms with Crippen molar-refractivity contribution >= 4 is 22.4 Å². The van der Waals surface area contributed by atoms with E-state index in [0.29, 0.717) is 5.69 Å². The van der Waals surface area contributed by atoms with Gasteiger partial charge in [-0.15, -0.1) is 0 Å². The lowest BCUT2D eigenvalue weighted by Gasteiger charge is -2.41. The van der Waals surface area contributed by atoms with Gasteiger partial charge in [-0.3, -0.25) is 19.8 Å². The molecular formula is C25H24N2O5. The van der Waals surface area contributed by atoms with E-state index in [1.807, 2.05) is 0 Å². The zero-order valence-corrected chi connectivity index (χ0v) is 18.4. The van der Waals surface area contributed by atoms with Crippen LogP contribution in [0.3, 0.4) is 0 Å². The van der Waals surface area contributed by atoms with Gasteiger partial charge in [0.1, 0.15) is 0 Å². The fourth-order valence-electron chi connectivity index (χ4n) is 4.36. The van der Waals surface area contributed by atoms with Crippen molar-refractivity contribution in [3.63, 3.8) is 0 Å². The maximum absolute atomic E-state index is 13.2. The Morgan fingerprint density at radius 3 is 1.84 bits per heavy atom. The molecule has 0 atom stereocenters. The van der Waals surface area contributed by atoms with Gasteiger partial charge in [0.25, 0.3) is 5.43 Å². The summed E-state index contributed by atoms with van der Waals surface area (Å²) >= 11 is 0. The van der Waals surface area contributed by atoms with Gasteiger partial charge in [-0.25, -0.2) is 4.79 Å². The zero-order valence-electron chi connectivity index (χ0n) is 18.4. The van der Waals surface area contributed by atoms with Crippen LogP contribution in [-0.2, 0) is 10.8 Å². The van der Waals surface area contributed by atoms with Crippen LogP contribution in [0.25, 0.3) is 10.8 Å². The number of nitrogens with zero attached hydrogens (tertiary/aromatic N) is 1. The highest BCUT2D eigenvalue weighted by Crippen LogP contribution is 2.46. The van der Waals surface area contributed by atoms with E-state index in [4.69, 9.17) is 5.11 Å². The van der Waals surface area contributed by atoms with Crippen LogP contribution in [0.15, 0.2) is 55.9 Å². The lowest BCUT2D eigenvalue weighted by molar-refractivity contribution is 0.0697. The Labute approximate surface area is 183 Å². The molecular weight excluding hydrogens is 408 g/mol. The summed E-state index contributed by atoms with van der Waals surface area (Å²) in [4.78, 5) is 49.7. The van der Waals surface area contributed by atoms with Gasteiger partial charge in [0.15, 0.2) is 5.36 Å². The summed E-state index contributed by atoms with van der Waals surface area (Å²) in [6, 6.07) is 9.13. The predicted octanol–water partition coefficient (Wildman–Crippen LogP) is 2.77. The molecule has 0 saturated heterocycles. The van der Waals surface area contributed by atoms with Crippen molar-refractivity contribution in [2.45, 2.75) is 51.4 Å². The van der Waals surface area contributed by atoms with E-state index in [1.165, 1.54) is 24.3 Å². The summed E-state index contributed by atoms with van der Waals surface area (Å²) in [7, 11) is 0. The van der Waals surface area contributed by atoms with Crippen LogP contribution in [0.1, 0.15) is 62.0 Å². The number of aromatic carboxylic acids is 1. The van der Waals surface area contributed by atoms with Crippen molar-refractivity contribution in [3.8, 4) is 0 Å². The minimum absolute atomic E-state index is 0.0902. The molecule has 164 valence electrons. The number of fused-ring (bicyclic) bond motifs is 2. The fourth-order valence-corrected chi connectivity index (χ4v) is 4.36. The van der Waals surface area contributed by atoms with Crippen molar-refractivity contribution in [1.29, 1.82) is 0 Å². The number of carboxylic acids is 1. The van der Waals surface area contributed by atoms with E-state index in [0.717, 1.165) is 24.0 Å². The quantitative estimate of drug-likeness (QED) is 0.486.